The Hall–Kier alpha value is -3.17. The van der Waals surface area contributed by atoms with Crippen LogP contribution < -0.4 is 5.32 Å². The smallest absolute Gasteiger partial charge is 0.408 e. The molecule has 1 heterocycles. The number of carbonyl (C=O) groups excluding carboxylic acids is 1. The summed E-state index contributed by atoms with van der Waals surface area (Å²) in [5, 5.41) is 22.5. The molecule has 1 aromatic carbocycles. The predicted molar refractivity (Wildman–Crippen MR) is 91.9 cm³/mol. The third kappa shape index (κ3) is 4.47. The van der Waals surface area contributed by atoms with E-state index in [0.29, 0.717) is 16.9 Å². The highest BCUT2D eigenvalue weighted by Gasteiger charge is 2.26. The summed E-state index contributed by atoms with van der Waals surface area (Å²) in [6.45, 7) is 5.00. The number of nitrogens with one attached hydrogen (secondary N) is 1. The van der Waals surface area contributed by atoms with Crippen LogP contribution in [0.5, 0.6) is 0 Å². The number of nitro groups is 1. The molecule has 0 aliphatic rings. The number of ether oxygens (including phenoxy) is 1. The molecule has 26 heavy (non-hydrogen) atoms. The molecule has 0 radical (unpaired) electrons. The molecule has 0 saturated heterocycles. The fourth-order valence-corrected chi connectivity index (χ4v) is 2.37. The Morgan fingerprint density at radius 2 is 2.08 bits per heavy atom. The van der Waals surface area contributed by atoms with Gasteiger partial charge >= 0.3 is 12.1 Å². The Labute approximate surface area is 148 Å². The first-order valence-electron chi connectivity index (χ1n) is 7.80. The molecule has 0 spiro atoms. The van der Waals surface area contributed by atoms with Crippen molar-refractivity contribution in [1.82, 2.24) is 14.9 Å². The van der Waals surface area contributed by atoms with Gasteiger partial charge in [0.05, 0.1) is 16.0 Å². The minimum absolute atomic E-state index is 0.104. The highest BCUT2D eigenvalue weighted by atomic mass is 16.6. The molecule has 2 aromatic rings. The summed E-state index contributed by atoms with van der Waals surface area (Å²) in [5.74, 6) is -0.877. The van der Waals surface area contributed by atoms with Gasteiger partial charge in [-0.25, -0.2) is 14.6 Å². The Bertz CT molecular complexity index is 867. The fourth-order valence-electron chi connectivity index (χ4n) is 2.37. The van der Waals surface area contributed by atoms with Crippen molar-refractivity contribution in [2.24, 2.45) is 7.05 Å². The van der Waals surface area contributed by atoms with Gasteiger partial charge in [0.1, 0.15) is 17.5 Å². The average Bonchev–Trinajstić information content (AvgIpc) is 2.80. The summed E-state index contributed by atoms with van der Waals surface area (Å²) in [4.78, 5) is 37.9. The van der Waals surface area contributed by atoms with Gasteiger partial charge in [0.2, 0.25) is 0 Å². The van der Waals surface area contributed by atoms with E-state index in [1.807, 2.05) is 0 Å². The number of rotatable bonds is 5. The summed E-state index contributed by atoms with van der Waals surface area (Å²) in [6.07, 6.45) is -0.951. The summed E-state index contributed by atoms with van der Waals surface area (Å²) in [7, 11) is 1.67. The molecule has 140 valence electrons. The van der Waals surface area contributed by atoms with Crippen LogP contribution in [0, 0.1) is 10.1 Å². The van der Waals surface area contributed by atoms with E-state index in [2.05, 4.69) is 10.3 Å². The number of benzene rings is 1. The first-order valence-corrected chi connectivity index (χ1v) is 7.80. The Morgan fingerprint density at radius 1 is 1.42 bits per heavy atom. The number of hydrogen-bond donors (Lipinski definition) is 2. The van der Waals surface area contributed by atoms with Crippen LogP contribution in [0.15, 0.2) is 18.2 Å². The number of aliphatic carboxylic acids is 1. The molecule has 0 aliphatic heterocycles. The van der Waals surface area contributed by atoms with Gasteiger partial charge in [-0.2, -0.15) is 0 Å². The van der Waals surface area contributed by atoms with E-state index in [1.54, 1.807) is 38.5 Å². The van der Waals surface area contributed by atoms with E-state index >= 15 is 0 Å². The molecule has 1 aromatic heterocycles. The molecular formula is C16H20N4O6. The normalized spacial score (nSPS) is 12.6. The monoisotopic (exact) mass is 364 g/mol. The predicted octanol–water partition coefficient (Wildman–Crippen LogP) is 2.00. The minimum atomic E-state index is -1.25. The zero-order valence-corrected chi connectivity index (χ0v) is 14.8. The molecule has 0 fully saturated rings. The van der Waals surface area contributed by atoms with Gasteiger partial charge in [-0.1, -0.05) is 0 Å². The number of imidazole rings is 1. The number of non-ortho nitro benzene ring substituents is 1. The molecule has 0 aliphatic carbocycles. The standard InChI is InChI=1S/C16H20N4O6/c1-16(2,3)26-15(23)18-11(14(21)22)8-13-17-10-7-9(20(24)25)5-6-12(10)19(13)4/h5-7,11H,8H2,1-4H3,(H,18,23)(H,21,22)/t11-/m0/s1. The molecule has 2 N–H and O–H groups in total. The average molecular weight is 364 g/mol. The summed E-state index contributed by atoms with van der Waals surface area (Å²) < 4.78 is 6.70. The molecule has 0 saturated carbocycles. The van der Waals surface area contributed by atoms with Crippen molar-refractivity contribution in [3.63, 3.8) is 0 Å². The van der Waals surface area contributed by atoms with Crippen LogP contribution in [0.4, 0.5) is 10.5 Å². The van der Waals surface area contributed by atoms with E-state index in [-0.39, 0.29) is 12.1 Å². The number of nitrogens with zero attached hydrogens (tertiary/aromatic N) is 3. The summed E-state index contributed by atoms with van der Waals surface area (Å²) >= 11 is 0. The quantitative estimate of drug-likeness (QED) is 0.611. The van der Waals surface area contributed by atoms with Gasteiger partial charge in [0.15, 0.2) is 0 Å². The Kier molecular flexibility index (Phi) is 5.15. The van der Waals surface area contributed by atoms with E-state index < -0.39 is 28.6 Å². The number of nitro benzene ring substituents is 1. The van der Waals surface area contributed by atoms with Crippen molar-refractivity contribution < 1.29 is 24.4 Å². The van der Waals surface area contributed by atoms with Gasteiger partial charge in [-0.3, -0.25) is 10.1 Å². The van der Waals surface area contributed by atoms with Gasteiger partial charge in [0.25, 0.3) is 5.69 Å². The first-order chi connectivity index (χ1) is 12.0. The van der Waals surface area contributed by atoms with Gasteiger partial charge in [-0.15, -0.1) is 0 Å². The van der Waals surface area contributed by atoms with Crippen molar-refractivity contribution in [3.8, 4) is 0 Å². The highest BCUT2D eigenvalue weighted by Crippen LogP contribution is 2.21. The van der Waals surface area contributed by atoms with E-state index in [0.717, 1.165) is 0 Å². The first kappa shape index (κ1) is 19.2. The Morgan fingerprint density at radius 3 is 2.62 bits per heavy atom. The number of amides is 1. The van der Waals surface area contributed by atoms with E-state index in [9.17, 15) is 24.8 Å². The SMILES string of the molecule is Cn1c(C[C@H](NC(=O)OC(C)(C)C)C(=O)O)nc2cc([N+](=O)[O-])ccc21. The van der Waals surface area contributed by atoms with Crippen LogP contribution in [0.25, 0.3) is 11.0 Å². The number of alkyl carbamates (subject to hydrolysis) is 1. The number of hydrogen-bond acceptors (Lipinski definition) is 6. The van der Waals surface area contributed by atoms with Crippen molar-refractivity contribution in [2.75, 3.05) is 0 Å². The second-order valence-corrected chi connectivity index (χ2v) is 6.76. The maximum Gasteiger partial charge on any atom is 0.408 e. The third-order valence-electron chi connectivity index (χ3n) is 3.54. The van der Waals surface area contributed by atoms with Crippen molar-refractivity contribution in [3.05, 3.63) is 34.1 Å². The topological polar surface area (TPSA) is 137 Å². The highest BCUT2D eigenvalue weighted by molar-refractivity contribution is 5.81. The maximum absolute atomic E-state index is 11.8. The summed E-state index contributed by atoms with van der Waals surface area (Å²) in [6, 6.07) is 2.95. The number of fused-ring (bicyclic) bond motifs is 1. The van der Waals surface area contributed by atoms with E-state index in [1.165, 1.54) is 12.1 Å². The number of aromatic nitrogens is 2. The minimum Gasteiger partial charge on any atom is -0.480 e. The summed E-state index contributed by atoms with van der Waals surface area (Å²) in [5.41, 5.74) is 0.123. The van der Waals surface area contributed by atoms with Crippen LogP contribution in [-0.2, 0) is 23.0 Å². The Balaban J connectivity index is 2.25. The molecule has 2 rings (SSSR count). The lowest BCUT2D eigenvalue weighted by Gasteiger charge is -2.21. The zero-order valence-electron chi connectivity index (χ0n) is 14.8. The van der Waals surface area contributed by atoms with Crippen LogP contribution >= 0.6 is 0 Å². The van der Waals surface area contributed by atoms with Crippen LogP contribution in [0.2, 0.25) is 0 Å². The van der Waals surface area contributed by atoms with Gasteiger partial charge in [-0.05, 0) is 26.8 Å². The molecular weight excluding hydrogens is 344 g/mol. The fraction of sp³-hybridized carbons (Fsp3) is 0.438. The largest absolute Gasteiger partial charge is 0.480 e. The number of aryl methyl sites for hydroxylation is 1. The second kappa shape index (κ2) is 6.98. The number of carboxylic acid groups (broad SMARTS) is 1. The van der Waals surface area contributed by atoms with Crippen LogP contribution in [-0.4, -0.2) is 43.3 Å². The van der Waals surface area contributed by atoms with Gasteiger partial charge < -0.3 is 19.7 Å². The molecule has 1 atom stereocenters. The third-order valence-corrected chi connectivity index (χ3v) is 3.54. The lowest BCUT2D eigenvalue weighted by atomic mass is 10.2. The molecule has 0 unspecified atom stereocenters. The molecule has 1 amide bonds. The maximum atomic E-state index is 11.8. The lowest BCUT2D eigenvalue weighted by molar-refractivity contribution is -0.384. The van der Waals surface area contributed by atoms with E-state index in [4.69, 9.17) is 4.74 Å². The number of carboxylic acids is 1. The van der Waals surface area contributed by atoms with Crippen LogP contribution in [0.3, 0.4) is 0 Å². The second-order valence-electron chi connectivity index (χ2n) is 6.76. The van der Waals surface area contributed by atoms with Crippen molar-refractivity contribution >= 4 is 28.8 Å². The molecule has 0 bridgehead atoms. The van der Waals surface area contributed by atoms with Crippen molar-refractivity contribution in [2.45, 2.75) is 38.8 Å². The van der Waals surface area contributed by atoms with Crippen molar-refractivity contribution in [1.29, 1.82) is 0 Å². The van der Waals surface area contributed by atoms with Gasteiger partial charge in [0, 0.05) is 25.6 Å². The molecule has 10 heteroatoms. The lowest BCUT2D eigenvalue weighted by Crippen LogP contribution is -2.45. The van der Waals surface area contributed by atoms with Crippen LogP contribution in [0.1, 0.15) is 26.6 Å². The molecule has 10 nitrogen and oxygen atoms in total. The number of carbonyl (C=O) groups is 2. The zero-order chi connectivity index (χ0) is 19.6.